The second-order valence-corrected chi connectivity index (χ2v) is 4.20. The second-order valence-electron chi connectivity index (χ2n) is 4.20. The van der Waals surface area contributed by atoms with Crippen LogP contribution in [0.1, 0.15) is 26.2 Å². The highest BCUT2D eigenvalue weighted by atomic mass is 19.4. The molecule has 0 aromatic carbocycles. The van der Waals surface area contributed by atoms with Gasteiger partial charge in [-0.25, -0.2) is 0 Å². The highest BCUT2D eigenvalue weighted by molar-refractivity contribution is 5.76. The van der Waals surface area contributed by atoms with Crippen LogP contribution in [0.15, 0.2) is 11.6 Å². The van der Waals surface area contributed by atoms with Crippen molar-refractivity contribution in [2.24, 2.45) is 0 Å². The lowest BCUT2D eigenvalue weighted by molar-refractivity contribution is -0.132. The van der Waals surface area contributed by atoms with Crippen LogP contribution < -0.4 is 0 Å². The van der Waals surface area contributed by atoms with Crippen molar-refractivity contribution >= 4 is 5.91 Å². The largest absolute Gasteiger partial charge is 0.412 e. The average Bonchev–Trinajstić information content (AvgIpc) is 2.25. The Morgan fingerprint density at radius 3 is 2.65 bits per heavy atom. The lowest BCUT2D eigenvalue weighted by Gasteiger charge is -2.27. The third-order valence-corrected chi connectivity index (χ3v) is 2.70. The Morgan fingerprint density at radius 2 is 2.24 bits per heavy atom. The first kappa shape index (κ1) is 14.0. The van der Waals surface area contributed by atoms with E-state index in [9.17, 15) is 18.0 Å². The van der Waals surface area contributed by atoms with Gasteiger partial charge < -0.3 is 10.0 Å². The van der Waals surface area contributed by atoms with Crippen molar-refractivity contribution in [1.29, 1.82) is 0 Å². The van der Waals surface area contributed by atoms with Crippen LogP contribution in [-0.2, 0) is 4.79 Å². The van der Waals surface area contributed by atoms with E-state index in [2.05, 4.69) is 0 Å². The zero-order chi connectivity index (χ0) is 13.1. The number of nitrogens with zero attached hydrogens (tertiary/aromatic N) is 1. The molecule has 0 fully saturated rings. The summed E-state index contributed by atoms with van der Waals surface area (Å²) in [6, 6.07) is 0. The minimum absolute atomic E-state index is 0.00743. The zero-order valence-corrected chi connectivity index (χ0v) is 9.63. The van der Waals surface area contributed by atoms with Gasteiger partial charge in [0.1, 0.15) is 0 Å². The maximum atomic E-state index is 12.3. The number of rotatable bonds is 3. The fraction of sp³-hybridized carbons (Fsp3) is 0.727. The molecule has 0 bridgehead atoms. The maximum absolute atomic E-state index is 12.3. The maximum Gasteiger partial charge on any atom is 0.412 e. The normalized spacial score (nSPS) is 18.9. The minimum atomic E-state index is -4.28. The molecular weight excluding hydrogens is 235 g/mol. The van der Waals surface area contributed by atoms with Crippen LogP contribution in [0.25, 0.3) is 0 Å². The fourth-order valence-corrected chi connectivity index (χ4v) is 1.64. The molecule has 98 valence electrons. The lowest BCUT2D eigenvalue weighted by Crippen LogP contribution is -2.36. The van der Waals surface area contributed by atoms with Crippen molar-refractivity contribution in [2.75, 3.05) is 13.1 Å². The van der Waals surface area contributed by atoms with Gasteiger partial charge >= 0.3 is 6.18 Å². The van der Waals surface area contributed by atoms with E-state index in [0.717, 1.165) is 6.08 Å². The molecular formula is C11H16F3NO2. The lowest BCUT2D eigenvalue weighted by atomic mass is 10.1. The molecule has 1 atom stereocenters. The summed E-state index contributed by atoms with van der Waals surface area (Å²) >= 11 is 0. The third kappa shape index (κ3) is 4.38. The van der Waals surface area contributed by atoms with Gasteiger partial charge in [0.05, 0.1) is 6.10 Å². The fourth-order valence-electron chi connectivity index (χ4n) is 1.64. The van der Waals surface area contributed by atoms with Gasteiger partial charge in [-0.2, -0.15) is 13.2 Å². The Hall–Kier alpha value is -1.04. The van der Waals surface area contributed by atoms with Crippen LogP contribution in [0.2, 0.25) is 0 Å². The molecule has 0 aliphatic carbocycles. The summed E-state index contributed by atoms with van der Waals surface area (Å²) in [6.45, 7) is 1.68. The van der Waals surface area contributed by atoms with Gasteiger partial charge in [-0.3, -0.25) is 4.79 Å². The van der Waals surface area contributed by atoms with Gasteiger partial charge in [0.25, 0.3) is 0 Å². The van der Waals surface area contributed by atoms with E-state index in [1.807, 2.05) is 0 Å². The molecule has 0 saturated carbocycles. The molecule has 1 unspecified atom stereocenters. The number of hydrogen-bond acceptors (Lipinski definition) is 2. The van der Waals surface area contributed by atoms with Crippen LogP contribution in [0.3, 0.4) is 0 Å². The number of hydrogen-bond donors (Lipinski definition) is 1. The summed E-state index contributed by atoms with van der Waals surface area (Å²) in [7, 11) is 0. The standard InChI is InChI=1S/C11H16F3NO2/c1-8(16)2-3-10(17)15-6-4-9(5-7-15)11(12,13)14/h4,8,16H,2-3,5-7H2,1H3. The van der Waals surface area contributed by atoms with E-state index in [1.165, 1.54) is 4.90 Å². The van der Waals surface area contributed by atoms with Crippen molar-refractivity contribution in [2.45, 2.75) is 38.5 Å². The monoisotopic (exact) mass is 251 g/mol. The van der Waals surface area contributed by atoms with Crippen molar-refractivity contribution in [1.82, 2.24) is 4.90 Å². The Bertz CT molecular complexity index is 310. The van der Waals surface area contributed by atoms with Crippen LogP contribution in [0.5, 0.6) is 0 Å². The van der Waals surface area contributed by atoms with Crippen molar-refractivity contribution < 1.29 is 23.1 Å². The average molecular weight is 251 g/mol. The number of halogens is 3. The van der Waals surface area contributed by atoms with Gasteiger partial charge in [-0.05, 0) is 19.8 Å². The summed E-state index contributed by atoms with van der Waals surface area (Å²) in [5, 5.41) is 9.02. The molecule has 0 saturated heterocycles. The molecule has 0 radical (unpaired) electrons. The first-order valence-corrected chi connectivity index (χ1v) is 5.52. The molecule has 1 rings (SSSR count). The Morgan fingerprint density at radius 1 is 1.59 bits per heavy atom. The number of carbonyl (C=O) groups is 1. The SMILES string of the molecule is CC(O)CCC(=O)N1CC=C(C(F)(F)F)CC1. The molecule has 17 heavy (non-hydrogen) atoms. The Labute approximate surface area is 97.9 Å². The number of aliphatic hydroxyl groups is 1. The van der Waals surface area contributed by atoms with Crippen molar-refractivity contribution in [3.05, 3.63) is 11.6 Å². The predicted octanol–water partition coefficient (Wildman–Crippen LogP) is 1.87. The van der Waals surface area contributed by atoms with E-state index < -0.39 is 17.9 Å². The molecule has 1 N–H and O–H groups in total. The smallest absolute Gasteiger partial charge is 0.393 e. The first-order valence-electron chi connectivity index (χ1n) is 5.52. The van der Waals surface area contributed by atoms with E-state index in [0.29, 0.717) is 6.42 Å². The summed E-state index contributed by atoms with van der Waals surface area (Å²) < 4.78 is 37.0. The van der Waals surface area contributed by atoms with Crippen molar-refractivity contribution in [3.8, 4) is 0 Å². The van der Waals surface area contributed by atoms with E-state index >= 15 is 0 Å². The number of aliphatic hydroxyl groups excluding tert-OH is 1. The molecule has 0 aromatic heterocycles. The number of carbonyl (C=O) groups excluding carboxylic acids is 1. The zero-order valence-electron chi connectivity index (χ0n) is 9.63. The molecule has 1 aliphatic rings. The topological polar surface area (TPSA) is 40.5 Å². The summed E-state index contributed by atoms with van der Waals surface area (Å²) in [4.78, 5) is 12.9. The van der Waals surface area contributed by atoms with Gasteiger partial charge in [-0.1, -0.05) is 6.08 Å². The predicted molar refractivity (Wildman–Crippen MR) is 56.2 cm³/mol. The third-order valence-electron chi connectivity index (χ3n) is 2.70. The van der Waals surface area contributed by atoms with Gasteiger partial charge in [0.2, 0.25) is 5.91 Å². The summed E-state index contributed by atoms with van der Waals surface area (Å²) in [5.41, 5.74) is -0.558. The summed E-state index contributed by atoms with van der Waals surface area (Å²) in [6.07, 6.45) is -3.43. The highest BCUT2D eigenvalue weighted by Crippen LogP contribution is 2.30. The quantitative estimate of drug-likeness (QED) is 0.778. The Kier molecular flexibility index (Phi) is 4.56. The first-order chi connectivity index (χ1) is 7.80. The molecule has 0 aromatic rings. The molecule has 3 nitrogen and oxygen atoms in total. The number of amides is 1. The van der Waals surface area contributed by atoms with Crippen molar-refractivity contribution in [3.63, 3.8) is 0 Å². The molecule has 1 heterocycles. The van der Waals surface area contributed by atoms with Gasteiger partial charge in [-0.15, -0.1) is 0 Å². The van der Waals surface area contributed by atoms with Crippen LogP contribution in [0, 0.1) is 0 Å². The van der Waals surface area contributed by atoms with Crippen LogP contribution >= 0.6 is 0 Å². The molecule has 6 heteroatoms. The van der Waals surface area contributed by atoms with Crippen LogP contribution in [0.4, 0.5) is 13.2 Å². The van der Waals surface area contributed by atoms with Gasteiger partial charge in [0.15, 0.2) is 0 Å². The molecule has 0 spiro atoms. The summed E-state index contributed by atoms with van der Waals surface area (Å²) in [5.74, 6) is -0.205. The van der Waals surface area contributed by atoms with E-state index in [1.54, 1.807) is 6.92 Å². The highest BCUT2D eigenvalue weighted by Gasteiger charge is 2.35. The van der Waals surface area contributed by atoms with Gasteiger partial charge in [0, 0.05) is 25.1 Å². The molecule has 1 amide bonds. The van der Waals surface area contributed by atoms with E-state index in [4.69, 9.17) is 5.11 Å². The number of alkyl halides is 3. The van der Waals surface area contributed by atoms with Crippen LogP contribution in [-0.4, -0.2) is 41.3 Å². The minimum Gasteiger partial charge on any atom is -0.393 e. The van der Waals surface area contributed by atoms with E-state index in [-0.39, 0.29) is 31.8 Å². The second kappa shape index (κ2) is 5.53. The molecule has 1 aliphatic heterocycles. The Balaban J connectivity index is 2.46.